The Morgan fingerprint density at radius 3 is 2.52 bits per heavy atom. The zero-order chi connectivity index (χ0) is 22.9. The second kappa shape index (κ2) is 11.9. The monoisotopic (exact) mass is 454 g/mol. The SMILES string of the molecule is CCCS(=O)(=O)N(CCCN1CCCC1=O)C(=O)CCCc1ccc(OC)c(OC)c1. The van der Waals surface area contributed by atoms with Crippen LogP contribution in [0.25, 0.3) is 0 Å². The van der Waals surface area contributed by atoms with Gasteiger partial charge in [-0.05, 0) is 49.8 Å². The molecule has 174 valence electrons. The molecule has 1 aliphatic rings. The fraction of sp³-hybridized carbons (Fsp3) is 0.636. The van der Waals surface area contributed by atoms with Crippen molar-refractivity contribution in [1.82, 2.24) is 9.21 Å². The smallest absolute Gasteiger partial charge is 0.237 e. The third kappa shape index (κ3) is 7.12. The van der Waals surface area contributed by atoms with Gasteiger partial charge in [-0.15, -0.1) is 0 Å². The van der Waals surface area contributed by atoms with Crippen molar-refractivity contribution >= 4 is 21.8 Å². The van der Waals surface area contributed by atoms with Crippen molar-refractivity contribution in [2.75, 3.05) is 39.6 Å². The van der Waals surface area contributed by atoms with Crippen LogP contribution in [0.2, 0.25) is 0 Å². The third-order valence-electron chi connectivity index (χ3n) is 5.34. The van der Waals surface area contributed by atoms with Crippen molar-refractivity contribution in [1.29, 1.82) is 0 Å². The van der Waals surface area contributed by atoms with Crippen LogP contribution in [-0.4, -0.2) is 69.0 Å². The molecule has 1 aliphatic heterocycles. The molecule has 2 rings (SSSR count). The zero-order valence-electron chi connectivity index (χ0n) is 18.8. The quantitative estimate of drug-likeness (QED) is 0.455. The van der Waals surface area contributed by atoms with E-state index in [1.807, 2.05) is 18.2 Å². The minimum atomic E-state index is -3.65. The van der Waals surface area contributed by atoms with Gasteiger partial charge in [0.15, 0.2) is 11.5 Å². The van der Waals surface area contributed by atoms with Gasteiger partial charge in [-0.2, -0.15) is 0 Å². The summed E-state index contributed by atoms with van der Waals surface area (Å²) in [5.41, 5.74) is 0.987. The van der Waals surface area contributed by atoms with Gasteiger partial charge in [-0.25, -0.2) is 12.7 Å². The fourth-order valence-corrected chi connectivity index (χ4v) is 5.28. The molecule has 0 aromatic heterocycles. The molecule has 31 heavy (non-hydrogen) atoms. The normalized spacial score (nSPS) is 14.0. The van der Waals surface area contributed by atoms with Crippen LogP contribution in [-0.2, 0) is 26.0 Å². The third-order valence-corrected chi connectivity index (χ3v) is 7.32. The fourth-order valence-electron chi connectivity index (χ4n) is 3.74. The molecule has 0 saturated carbocycles. The first kappa shape index (κ1) is 25.0. The predicted molar refractivity (Wildman–Crippen MR) is 119 cm³/mol. The van der Waals surface area contributed by atoms with Gasteiger partial charge in [0.2, 0.25) is 21.8 Å². The highest BCUT2D eigenvalue weighted by molar-refractivity contribution is 7.89. The summed E-state index contributed by atoms with van der Waals surface area (Å²) in [6.45, 7) is 3.08. The van der Waals surface area contributed by atoms with Gasteiger partial charge in [-0.3, -0.25) is 9.59 Å². The lowest BCUT2D eigenvalue weighted by Crippen LogP contribution is -2.40. The van der Waals surface area contributed by atoms with E-state index in [0.29, 0.717) is 56.7 Å². The Morgan fingerprint density at radius 1 is 1.16 bits per heavy atom. The number of benzene rings is 1. The molecule has 0 atom stereocenters. The summed E-state index contributed by atoms with van der Waals surface area (Å²) in [6, 6.07) is 5.58. The van der Waals surface area contributed by atoms with Gasteiger partial charge in [0.05, 0.1) is 20.0 Å². The number of hydrogen-bond acceptors (Lipinski definition) is 6. The summed E-state index contributed by atoms with van der Waals surface area (Å²) >= 11 is 0. The van der Waals surface area contributed by atoms with E-state index in [2.05, 4.69) is 0 Å². The lowest BCUT2D eigenvalue weighted by atomic mass is 10.1. The van der Waals surface area contributed by atoms with Gasteiger partial charge in [0, 0.05) is 32.5 Å². The second-order valence-electron chi connectivity index (χ2n) is 7.66. The van der Waals surface area contributed by atoms with Crippen LogP contribution >= 0.6 is 0 Å². The van der Waals surface area contributed by atoms with Crippen LogP contribution in [0.1, 0.15) is 51.0 Å². The van der Waals surface area contributed by atoms with Gasteiger partial charge in [0.25, 0.3) is 0 Å². The number of rotatable bonds is 13. The molecule has 1 fully saturated rings. The number of methoxy groups -OCH3 is 2. The Balaban J connectivity index is 1.94. The first-order valence-corrected chi connectivity index (χ1v) is 12.4. The van der Waals surface area contributed by atoms with Gasteiger partial charge in [-0.1, -0.05) is 13.0 Å². The molecular weight excluding hydrogens is 420 g/mol. The molecule has 1 aromatic rings. The minimum Gasteiger partial charge on any atom is -0.493 e. The van der Waals surface area contributed by atoms with Crippen molar-refractivity contribution in [2.24, 2.45) is 0 Å². The van der Waals surface area contributed by atoms with Gasteiger partial charge in [0.1, 0.15) is 0 Å². The first-order valence-electron chi connectivity index (χ1n) is 10.8. The van der Waals surface area contributed by atoms with Crippen molar-refractivity contribution in [3.05, 3.63) is 23.8 Å². The van der Waals surface area contributed by atoms with E-state index in [4.69, 9.17) is 9.47 Å². The molecule has 0 N–H and O–H groups in total. The standard InChI is InChI=1S/C22H34N2O6S/c1-4-16-31(27,28)24(15-7-14-23-13-6-10-21(23)25)22(26)9-5-8-18-11-12-19(29-2)20(17-18)30-3/h11-12,17H,4-10,13-16H2,1-3H3. The summed E-state index contributed by atoms with van der Waals surface area (Å²) in [6.07, 6.45) is 3.57. The number of sulfonamides is 1. The highest BCUT2D eigenvalue weighted by atomic mass is 32.2. The highest BCUT2D eigenvalue weighted by Gasteiger charge is 2.27. The average molecular weight is 455 g/mol. The molecule has 0 bridgehead atoms. The van der Waals surface area contributed by atoms with E-state index in [1.54, 1.807) is 26.0 Å². The number of likely N-dealkylation sites (tertiary alicyclic amines) is 1. The Hall–Kier alpha value is -2.29. The Morgan fingerprint density at radius 2 is 1.90 bits per heavy atom. The molecule has 1 saturated heterocycles. The maximum Gasteiger partial charge on any atom is 0.237 e. The topological polar surface area (TPSA) is 93.2 Å². The lowest BCUT2D eigenvalue weighted by molar-refractivity contribution is -0.127. The van der Waals surface area contributed by atoms with Crippen molar-refractivity contribution in [3.63, 3.8) is 0 Å². The second-order valence-corrected chi connectivity index (χ2v) is 9.68. The van der Waals surface area contributed by atoms with E-state index in [1.165, 1.54) is 0 Å². The number of carbonyl (C=O) groups excluding carboxylic acids is 2. The number of aryl methyl sites for hydroxylation is 1. The molecule has 9 heteroatoms. The largest absolute Gasteiger partial charge is 0.493 e. The average Bonchev–Trinajstić information content (AvgIpc) is 3.15. The minimum absolute atomic E-state index is 0.0585. The van der Waals surface area contributed by atoms with Gasteiger partial charge < -0.3 is 14.4 Å². The zero-order valence-corrected chi connectivity index (χ0v) is 19.6. The molecule has 0 spiro atoms. The van der Waals surface area contributed by atoms with Crippen LogP contribution in [0.5, 0.6) is 11.5 Å². The van der Waals surface area contributed by atoms with Crippen molar-refractivity contribution in [3.8, 4) is 11.5 Å². The number of carbonyl (C=O) groups is 2. The van der Waals surface area contributed by atoms with E-state index in [-0.39, 0.29) is 30.5 Å². The van der Waals surface area contributed by atoms with Crippen LogP contribution in [0, 0.1) is 0 Å². The highest BCUT2D eigenvalue weighted by Crippen LogP contribution is 2.28. The number of hydrogen-bond donors (Lipinski definition) is 0. The maximum absolute atomic E-state index is 12.8. The Bertz CT molecular complexity index is 856. The van der Waals surface area contributed by atoms with Gasteiger partial charge >= 0.3 is 0 Å². The maximum atomic E-state index is 12.8. The number of amides is 2. The molecular formula is C22H34N2O6S. The summed E-state index contributed by atoms with van der Waals surface area (Å²) in [5, 5.41) is 0. The Kier molecular flexibility index (Phi) is 9.61. The van der Waals surface area contributed by atoms with Crippen LogP contribution in [0.15, 0.2) is 18.2 Å². The number of nitrogens with zero attached hydrogens (tertiary/aromatic N) is 2. The first-order chi connectivity index (χ1) is 14.8. The van der Waals surface area contributed by atoms with Crippen LogP contribution in [0.3, 0.4) is 0 Å². The molecule has 0 unspecified atom stereocenters. The summed E-state index contributed by atoms with van der Waals surface area (Å²) in [7, 11) is -0.514. The van der Waals surface area contributed by atoms with E-state index >= 15 is 0 Å². The van der Waals surface area contributed by atoms with E-state index in [0.717, 1.165) is 16.3 Å². The molecule has 1 heterocycles. The predicted octanol–water partition coefficient (Wildman–Crippen LogP) is 2.61. The summed E-state index contributed by atoms with van der Waals surface area (Å²) in [4.78, 5) is 26.3. The number of ether oxygens (including phenoxy) is 2. The summed E-state index contributed by atoms with van der Waals surface area (Å²) in [5.74, 6) is 0.910. The van der Waals surface area contributed by atoms with Crippen molar-refractivity contribution < 1.29 is 27.5 Å². The Labute approximate surface area is 185 Å². The van der Waals surface area contributed by atoms with Crippen molar-refractivity contribution in [2.45, 2.75) is 51.9 Å². The lowest BCUT2D eigenvalue weighted by Gasteiger charge is -2.24. The van der Waals surface area contributed by atoms with Crippen LogP contribution in [0.4, 0.5) is 0 Å². The molecule has 0 aliphatic carbocycles. The molecule has 0 radical (unpaired) electrons. The molecule has 2 amide bonds. The van der Waals surface area contributed by atoms with Crippen LogP contribution < -0.4 is 9.47 Å². The van der Waals surface area contributed by atoms with E-state index < -0.39 is 10.0 Å². The van der Waals surface area contributed by atoms with E-state index in [9.17, 15) is 18.0 Å². The summed E-state index contributed by atoms with van der Waals surface area (Å²) < 4.78 is 36.8. The molecule has 8 nitrogen and oxygen atoms in total. The molecule has 1 aromatic carbocycles.